The number of anilines is 2. The number of piperidine rings is 1. The van der Waals surface area contributed by atoms with Gasteiger partial charge in [-0.2, -0.15) is 0 Å². The molecule has 0 radical (unpaired) electrons. The molecular weight excluding hydrogens is 360 g/mol. The highest BCUT2D eigenvalue weighted by Crippen LogP contribution is 2.23. The van der Waals surface area contributed by atoms with E-state index >= 15 is 0 Å². The highest BCUT2D eigenvalue weighted by molar-refractivity contribution is 9.10. The summed E-state index contributed by atoms with van der Waals surface area (Å²) >= 11 is 3.19. The van der Waals surface area contributed by atoms with Crippen LogP contribution in [-0.2, 0) is 4.74 Å². The van der Waals surface area contributed by atoms with Gasteiger partial charge in [0.1, 0.15) is 0 Å². The van der Waals surface area contributed by atoms with Gasteiger partial charge in [0.15, 0.2) is 10.4 Å². The summed E-state index contributed by atoms with van der Waals surface area (Å²) in [4.78, 5) is 14.4. The predicted octanol–water partition coefficient (Wildman–Crippen LogP) is 3.91. The van der Waals surface area contributed by atoms with Crippen molar-refractivity contribution in [2.45, 2.75) is 18.9 Å². The minimum absolute atomic E-state index is 0.260. The molecule has 0 spiro atoms. The summed E-state index contributed by atoms with van der Waals surface area (Å²) in [7, 11) is 1.77. The van der Waals surface area contributed by atoms with E-state index in [9.17, 15) is 4.79 Å². The second-order valence-electron chi connectivity index (χ2n) is 5.53. The lowest BCUT2D eigenvalue weighted by Gasteiger charge is -2.33. The number of hydrogen-bond donors (Lipinski definition) is 1. The number of carbonyl (C=O) groups is 1. The molecule has 2 heterocycles. The van der Waals surface area contributed by atoms with Gasteiger partial charge in [-0.05, 0) is 65.2 Å². The zero-order valence-electron chi connectivity index (χ0n) is 12.9. The number of methoxy groups -OCH3 is 1. The van der Waals surface area contributed by atoms with Crippen molar-refractivity contribution in [1.82, 2.24) is 0 Å². The molecule has 122 valence electrons. The average Bonchev–Trinajstić information content (AvgIpc) is 3.02. The van der Waals surface area contributed by atoms with Crippen molar-refractivity contribution in [1.29, 1.82) is 0 Å². The van der Waals surface area contributed by atoms with E-state index in [1.54, 1.807) is 19.2 Å². The molecule has 1 aliphatic rings. The largest absolute Gasteiger partial charge is 0.444 e. The SMILES string of the molecule is COC1CCN(c2ccc(NC(=O)c3ccc(Br)o3)cc2)CC1. The van der Waals surface area contributed by atoms with E-state index in [4.69, 9.17) is 9.15 Å². The van der Waals surface area contributed by atoms with E-state index in [1.165, 1.54) is 5.69 Å². The van der Waals surface area contributed by atoms with E-state index in [2.05, 4.69) is 26.1 Å². The Kier molecular flexibility index (Phi) is 5.03. The van der Waals surface area contributed by atoms with E-state index in [-0.39, 0.29) is 11.7 Å². The van der Waals surface area contributed by atoms with Crippen LogP contribution in [0.5, 0.6) is 0 Å². The molecule has 0 atom stereocenters. The van der Waals surface area contributed by atoms with Crippen molar-refractivity contribution in [3.8, 4) is 0 Å². The van der Waals surface area contributed by atoms with Crippen LogP contribution in [0.25, 0.3) is 0 Å². The molecule has 1 aliphatic heterocycles. The number of nitrogens with zero attached hydrogens (tertiary/aromatic N) is 1. The van der Waals surface area contributed by atoms with Crippen molar-refractivity contribution in [2.75, 3.05) is 30.4 Å². The molecule has 6 heteroatoms. The van der Waals surface area contributed by atoms with Crippen LogP contribution in [0.3, 0.4) is 0 Å². The van der Waals surface area contributed by atoms with Gasteiger partial charge >= 0.3 is 0 Å². The smallest absolute Gasteiger partial charge is 0.291 e. The highest BCUT2D eigenvalue weighted by Gasteiger charge is 2.19. The second kappa shape index (κ2) is 7.19. The Balaban J connectivity index is 1.60. The fourth-order valence-electron chi connectivity index (χ4n) is 2.73. The molecule has 2 aromatic rings. The third-order valence-electron chi connectivity index (χ3n) is 4.06. The molecule has 23 heavy (non-hydrogen) atoms. The van der Waals surface area contributed by atoms with Crippen LogP contribution >= 0.6 is 15.9 Å². The molecule has 1 saturated heterocycles. The van der Waals surface area contributed by atoms with Gasteiger partial charge in [-0.1, -0.05) is 0 Å². The van der Waals surface area contributed by atoms with Gasteiger partial charge < -0.3 is 19.4 Å². The normalized spacial score (nSPS) is 15.7. The van der Waals surface area contributed by atoms with Crippen LogP contribution in [0.1, 0.15) is 23.4 Å². The lowest BCUT2D eigenvalue weighted by atomic mass is 10.1. The first-order valence-corrected chi connectivity index (χ1v) is 8.39. The number of carbonyl (C=O) groups excluding carboxylic acids is 1. The Morgan fingerprint density at radius 3 is 2.48 bits per heavy atom. The van der Waals surface area contributed by atoms with Crippen LogP contribution < -0.4 is 10.2 Å². The third-order valence-corrected chi connectivity index (χ3v) is 4.49. The van der Waals surface area contributed by atoms with Crippen molar-refractivity contribution in [3.05, 3.63) is 46.8 Å². The van der Waals surface area contributed by atoms with Crippen LogP contribution in [0.4, 0.5) is 11.4 Å². The van der Waals surface area contributed by atoms with Gasteiger partial charge in [0.25, 0.3) is 5.91 Å². The Bertz CT molecular complexity index is 661. The monoisotopic (exact) mass is 378 g/mol. The van der Waals surface area contributed by atoms with Crippen LogP contribution in [0.15, 0.2) is 45.5 Å². The van der Waals surface area contributed by atoms with Crippen LogP contribution in [-0.4, -0.2) is 32.2 Å². The van der Waals surface area contributed by atoms with Gasteiger partial charge in [-0.15, -0.1) is 0 Å². The summed E-state index contributed by atoms with van der Waals surface area (Å²) in [5.41, 5.74) is 1.91. The fourth-order valence-corrected chi connectivity index (χ4v) is 3.04. The highest BCUT2D eigenvalue weighted by atomic mass is 79.9. The zero-order chi connectivity index (χ0) is 16.2. The summed E-state index contributed by atoms with van der Waals surface area (Å²) in [6.07, 6.45) is 2.46. The van der Waals surface area contributed by atoms with Gasteiger partial charge in [0.2, 0.25) is 0 Å². The van der Waals surface area contributed by atoms with Crippen LogP contribution in [0.2, 0.25) is 0 Å². The first-order chi connectivity index (χ1) is 11.2. The molecule has 1 N–H and O–H groups in total. The van der Waals surface area contributed by atoms with Gasteiger partial charge in [-0.25, -0.2) is 0 Å². The molecule has 0 saturated carbocycles. The summed E-state index contributed by atoms with van der Waals surface area (Å²) in [5, 5.41) is 2.83. The maximum Gasteiger partial charge on any atom is 0.291 e. The van der Waals surface area contributed by atoms with E-state index in [0.29, 0.717) is 10.8 Å². The number of halogens is 1. The topological polar surface area (TPSA) is 54.7 Å². The van der Waals surface area contributed by atoms with Gasteiger partial charge in [0, 0.05) is 31.6 Å². The quantitative estimate of drug-likeness (QED) is 0.875. The molecular formula is C17H19BrN2O3. The van der Waals surface area contributed by atoms with Crippen LogP contribution in [0, 0.1) is 0 Å². The maximum atomic E-state index is 12.0. The third kappa shape index (κ3) is 3.95. The first-order valence-electron chi connectivity index (χ1n) is 7.60. The predicted molar refractivity (Wildman–Crippen MR) is 93.0 cm³/mol. The summed E-state index contributed by atoms with van der Waals surface area (Å²) in [5.74, 6) is 0.0203. The molecule has 1 aromatic carbocycles. The fraction of sp³-hybridized carbons (Fsp3) is 0.353. The van der Waals surface area contributed by atoms with Crippen molar-refractivity contribution in [2.24, 2.45) is 0 Å². The molecule has 0 bridgehead atoms. The molecule has 0 aliphatic carbocycles. The van der Waals surface area contributed by atoms with Gasteiger partial charge in [-0.3, -0.25) is 4.79 Å². The van der Waals surface area contributed by atoms with E-state index in [0.717, 1.165) is 31.6 Å². The Morgan fingerprint density at radius 1 is 1.22 bits per heavy atom. The maximum absolute atomic E-state index is 12.0. The molecule has 1 fully saturated rings. The Labute approximate surface area is 143 Å². The molecule has 3 rings (SSSR count). The number of amides is 1. The zero-order valence-corrected chi connectivity index (χ0v) is 14.5. The Hall–Kier alpha value is -1.79. The van der Waals surface area contributed by atoms with Crippen molar-refractivity contribution in [3.63, 3.8) is 0 Å². The Morgan fingerprint density at radius 2 is 1.91 bits per heavy atom. The second-order valence-corrected chi connectivity index (χ2v) is 6.31. The van der Waals surface area contributed by atoms with Gasteiger partial charge in [0.05, 0.1) is 6.10 Å². The number of furan rings is 1. The number of hydrogen-bond acceptors (Lipinski definition) is 4. The summed E-state index contributed by atoms with van der Waals surface area (Å²) in [6, 6.07) is 11.2. The number of nitrogens with one attached hydrogen (secondary N) is 1. The van der Waals surface area contributed by atoms with E-state index in [1.807, 2.05) is 24.3 Å². The molecule has 0 unspecified atom stereocenters. The number of benzene rings is 1. The molecule has 1 amide bonds. The summed E-state index contributed by atoms with van der Waals surface area (Å²) < 4.78 is 11.2. The lowest BCUT2D eigenvalue weighted by molar-refractivity contribution is 0.0819. The summed E-state index contributed by atoms with van der Waals surface area (Å²) in [6.45, 7) is 1.98. The minimum Gasteiger partial charge on any atom is -0.444 e. The number of ether oxygens (including phenoxy) is 1. The standard InChI is InChI=1S/C17H19BrN2O3/c1-22-14-8-10-20(11-9-14)13-4-2-12(3-5-13)19-17(21)15-6-7-16(18)23-15/h2-7,14H,8-11H2,1H3,(H,19,21). The first kappa shape index (κ1) is 16.1. The molecule has 5 nitrogen and oxygen atoms in total. The average molecular weight is 379 g/mol. The van der Waals surface area contributed by atoms with Crippen molar-refractivity contribution < 1.29 is 13.9 Å². The minimum atomic E-state index is -0.260. The van der Waals surface area contributed by atoms with Crippen molar-refractivity contribution >= 4 is 33.2 Å². The number of rotatable bonds is 4. The molecule has 1 aromatic heterocycles. The van der Waals surface area contributed by atoms with E-state index < -0.39 is 0 Å². The lowest BCUT2D eigenvalue weighted by Crippen LogP contribution is -2.36.